The Morgan fingerprint density at radius 1 is 0.686 bits per heavy atom. The van der Waals surface area contributed by atoms with Gasteiger partial charge in [-0.15, -0.1) is 0 Å². The summed E-state index contributed by atoms with van der Waals surface area (Å²) in [4.78, 5) is 26.5. The smallest absolute Gasteiger partial charge is 0.429 e. The maximum atomic E-state index is 13.3. The Kier molecular flexibility index (Phi) is 5.49. The molecule has 176 valence electrons. The predicted molar refractivity (Wildman–Crippen MR) is 131 cm³/mol. The summed E-state index contributed by atoms with van der Waals surface area (Å²) >= 11 is 0. The summed E-state index contributed by atoms with van der Waals surface area (Å²) in [6.45, 7) is 0.308. The Labute approximate surface area is 204 Å². The summed E-state index contributed by atoms with van der Waals surface area (Å²) < 4.78 is 11.3. The Bertz CT molecular complexity index is 1170. The maximum Gasteiger partial charge on any atom is 0.429 e. The molecule has 35 heavy (non-hydrogen) atoms. The molecule has 1 saturated heterocycles. The van der Waals surface area contributed by atoms with E-state index in [0.29, 0.717) is 0 Å². The van der Waals surface area contributed by atoms with Crippen molar-refractivity contribution < 1.29 is 19.1 Å². The molecule has 2 aliphatic carbocycles. The number of rotatable bonds is 5. The third-order valence-corrected chi connectivity index (χ3v) is 7.14. The van der Waals surface area contributed by atoms with E-state index in [1.54, 1.807) is 0 Å². The lowest BCUT2D eigenvalue weighted by Gasteiger charge is -2.35. The van der Waals surface area contributed by atoms with Crippen LogP contribution in [0.15, 0.2) is 96.6 Å². The van der Waals surface area contributed by atoms with Crippen molar-refractivity contribution in [3.8, 4) is 0 Å². The number of hydrazine groups is 1. The van der Waals surface area contributed by atoms with E-state index in [1.165, 1.54) is 15.6 Å². The Morgan fingerprint density at radius 2 is 1.11 bits per heavy atom. The topological polar surface area (TPSA) is 59.1 Å². The highest BCUT2D eigenvalue weighted by molar-refractivity contribution is 5.78. The standard InChI is InChI=1S/C29H26N2O4/c32-28(34-18-21-12-6-2-7-13-21)30-24-17-25(27-23(26(24)27)16-20-10-4-1-5-11-20)31(30)29(33)35-19-22-14-8-3-9-15-22/h1-16,24-27H,17-19H2/t24-,25+,26+,27-. The van der Waals surface area contributed by atoms with Gasteiger partial charge < -0.3 is 9.47 Å². The summed E-state index contributed by atoms with van der Waals surface area (Å²) in [6, 6.07) is 29.1. The monoisotopic (exact) mass is 466 g/mol. The number of hydrogen-bond donors (Lipinski definition) is 0. The average Bonchev–Trinajstić information content (AvgIpc) is 3.29. The summed E-state index contributed by atoms with van der Waals surface area (Å²) in [5.41, 5.74) is 4.22. The van der Waals surface area contributed by atoms with E-state index in [-0.39, 0.29) is 37.1 Å². The third-order valence-electron chi connectivity index (χ3n) is 7.14. The van der Waals surface area contributed by atoms with Gasteiger partial charge in [0.1, 0.15) is 13.2 Å². The number of nitrogens with zero attached hydrogens (tertiary/aromatic N) is 2. The molecule has 0 radical (unpaired) electrons. The van der Waals surface area contributed by atoms with Crippen molar-refractivity contribution in [3.63, 3.8) is 0 Å². The van der Waals surface area contributed by atoms with Gasteiger partial charge in [-0.1, -0.05) is 103 Å². The van der Waals surface area contributed by atoms with Crippen molar-refractivity contribution in [2.75, 3.05) is 0 Å². The first-order chi connectivity index (χ1) is 17.2. The van der Waals surface area contributed by atoms with Gasteiger partial charge in [0, 0.05) is 11.8 Å². The molecular weight excluding hydrogens is 440 g/mol. The molecule has 2 saturated carbocycles. The number of fused-ring (bicyclic) bond motifs is 5. The minimum Gasteiger partial charge on any atom is -0.443 e. The number of ether oxygens (including phenoxy) is 2. The summed E-state index contributed by atoms with van der Waals surface area (Å²) in [7, 11) is 0. The predicted octanol–water partition coefficient (Wildman–Crippen LogP) is 5.66. The van der Waals surface area contributed by atoms with Gasteiger partial charge in [-0.05, 0) is 23.1 Å². The van der Waals surface area contributed by atoms with Crippen molar-refractivity contribution in [2.24, 2.45) is 11.8 Å². The van der Waals surface area contributed by atoms with Crippen molar-refractivity contribution >= 4 is 18.3 Å². The molecule has 6 rings (SSSR count). The lowest BCUT2D eigenvalue weighted by molar-refractivity contribution is -0.0460. The van der Waals surface area contributed by atoms with Gasteiger partial charge in [-0.2, -0.15) is 0 Å². The summed E-state index contributed by atoms with van der Waals surface area (Å²) in [6.07, 6.45) is 1.91. The SMILES string of the molecule is O=C(OCc1ccccc1)N1[C@@H]2C[C@@H]([C@H]3C(=Cc4ccccc4)[C@H]32)N1C(=O)OCc1ccccc1. The minimum atomic E-state index is -0.512. The molecule has 1 heterocycles. The zero-order chi connectivity index (χ0) is 23.8. The van der Waals surface area contributed by atoms with Crippen LogP contribution in [0, 0.1) is 11.8 Å². The minimum absolute atomic E-state index is 0.104. The molecule has 6 heteroatoms. The fraction of sp³-hybridized carbons (Fsp3) is 0.241. The second kappa shape index (κ2) is 8.95. The molecule has 3 aromatic rings. The van der Waals surface area contributed by atoms with Crippen LogP contribution in [0.4, 0.5) is 9.59 Å². The van der Waals surface area contributed by atoms with Crippen LogP contribution < -0.4 is 0 Å². The van der Waals surface area contributed by atoms with E-state index in [0.717, 1.165) is 23.1 Å². The molecule has 3 aliphatic rings. The summed E-state index contributed by atoms with van der Waals surface area (Å²) in [5.74, 6) is 0.505. The highest BCUT2D eigenvalue weighted by Crippen LogP contribution is 2.64. The van der Waals surface area contributed by atoms with Crippen LogP contribution >= 0.6 is 0 Å². The molecule has 0 spiro atoms. The molecule has 0 N–H and O–H groups in total. The lowest BCUT2D eigenvalue weighted by Crippen LogP contribution is -2.54. The van der Waals surface area contributed by atoms with Crippen LogP contribution in [0.2, 0.25) is 0 Å². The average molecular weight is 467 g/mol. The normalized spacial score (nSPS) is 24.9. The second-order valence-corrected chi connectivity index (χ2v) is 9.25. The van der Waals surface area contributed by atoms with E-state index in [9.17, 15) is 9.59 Å². The zero-order valence-electron chi connectivity index (χ0n) is 19.2. The van der Waals surface area contributed by atoms with E-state index < -0.39 is 12.2 Å². The van der Waals surface area contributed by atoms with Crippen LogP contribution in [0.3, 0.4) is 0 Å². The number of amides is 2. The Hall–Kier alpha value is -4.06. The van der Waals surface area contributed by atoms with E-state index in [2.05, 4.69) is 18.2 Å². The van der Waals surface area contributed by atoms with Crippen molar-refractivity contribution in [3.05, 3.63) is 113 Å². The van der Waals surface area contributed by atoms with Crippen LogP contribution in [-0.4, -0.2) is 34.3 Å². The van der Waals surface area contributed by atoms with E-state index in [1.807, 2.05) is 78.9 Å². The quantitative estimate of drug-likeness (QED) is 0.487. The zero-order valence-corrected chi connectivity index (χ0v) is 19.2. The van der Waals surface area contributed by atoms with Crippen molar-refractivity contribution in [1.29, 1.82) is 0 Å². The fourth-order valence-corrected chi connectivity index (χ4v) is 5.56. The molecule has 0 unspecified atom stereocenters. The lowest BCUT2D eigenvalue weighted by atomic mass is 10.1. The van der Waals surface area contributed by atoms with Gasteiger partial charge in [-0.25, -0.2) is 19.6 Å². The third kappa shape index (κ3) is 4.05. The van der Waals surface area contributed by atoms with Gasteiger partial charge >= 0.3 is 12.2 Å². The van der Waals surface area contributed by atoms with Crippen molar-refractivity contribution in [1.82, 2.24) is 10.0 Å². The Morgan fingerprint density at radius 3 is 1.57 bits per heavy atom. The number of hydrogen-bond acceptors (Lipinski definition) is 4. The number of carbonyl (C=O) groups is 2. The molecule has 4 atom stereocenters. The molecular formula is C29H26N2O4. The van der Waals surface area contributed by atoms with Gasteiger partial charge in [0.15, 0.2) is 0 Å². The largest absolute Gasteiger partial charge is 0.443 e. The molecule has 0 aromatic heterocycles. The van der Waals surface area contributed by atoms with Gasteiger partial charge in [0.05, 0.1) is 12.1 Å². The highest BCUT2D eigenvalue weighted by Gasteiger charge is 2.70. The first-order valence-corrected chi connectivity index (χ1v) is 12.0. The molecule has 2 bridgehead atoms. The fourth-order valence-electron chi connectivity index (χ4n) is 5.56. The highest BCUT2D eigenvalue weighted by atomic mass is 16.6. The maximum absolute atomic E-state index is 13.3. The summed E-state index contributed by atoms with van der Waals surface area (Å²) in [5, 5.41) is 3.02. The van der Waals surface area contributed by atoms with E-state index in [4.69, 9.17) is 9.47 Å². The van der Waals surface area contributed by atoms with Crippen molar-refractivity contribution in [2.45, 2.75) is 31.7 Å². The molecule has 3 aromatic carbocycles. The number of carbonyl (C=O) groups excluding carboxylic acids is 2. The number of benzene rings is 3. The molecule has 1 aliphatic heterocycles. The van der Waals surface area contributed by atoms with Gasteiger partial charge in [0.25, 0.3) is 0 Å². The first-order valence-electron chi connectivity index (χ1n) is 12.0. The van der Waals surface area contributed by atoms with Gasteiger partial charge in [0.2, 0.25) is 0 Å². The van der Waals surface area contributed by atoms with Crippen LogP contribution in [0.5, 0.6) is 0 Å². The molecule has 6 nitrogen and oxygen atoms in total. The molecule has 3 fully saturated rings. The Balaban J connectivity index is 1.22. The molecule has 2 amide bonds. The first kappa shape index (κ1) is 21.5. The van der Waals surface area contributed by atoms with Crippen LogP contribution in [0.25, 0.3) is 6.08 Å². The van der Waals surface area contributed by atoms with Gasteiger partial charge in [-0.3, -0.25) is 0 Å². The van der Waals surface area contributed by atoms with Crippen LogP contribution in [-0.2, 0) is 22.7 Å². The van der Waals surface area contributed by atoms with Crippen LogP contribution in [0.1, 0.15) is 23.1 Å². The second-order valence-electron chi connectivity index (χ2n) is 9.25. The van der Waals surface area contributed by atoms with E-state index >= 15 is 0 Å².